The summed E-state index contributed by atoms with van der Waals surface area (Å²) < 4.78 is 2.63. The fraction of sp³-hybridized carbons (Fsp3) is 0.229. The second-order valence-corrected chi connectivity index (χ2v) is 11.3. The monoisotopic (exact) mass is 686 g/mol. The zero-order chi connectivity index (χ0) is 35.8. The highest BCUT2D eigenvalue weighted by molar-refractivity contribution is 7.71. The predicted octanol–water partition coefficient (Wildman–Crippen LogP) is 5.56. The van der Waals surface area contributed by atoms with Crippen molar-refractivity contribution in [1.82, 2.24) is 14.0 Å². The molecule has 0 spiro atoms. The van der Waals surface area contributed by atoms with Crippen LogP contribution in [0, 0.1) is 4.77 Å². The van der Waals surface area contributed by atoms with Gasteiger partial charge >= 0.3 is 18.0 Å². The van der Waals surface area contributed by atoms with Gasteiger partial charge in [-0.05, 0) is 85.7 Å². The molecule has 4 amide bonds. The molecule has 1 saturated heterocycles. The molecule has 14 heteroatoms. The molecule has 49 heavy (non-hydrogen) atoms. The predicted molar refractivity (Wildman–Crippen MR) is 184 cm³/mol. The molecule has 0 radical (unpaired) electrons. The molecule has 1 aliphatic rings. The normalized spacial score (nSPS) is 14.5. The fourth-order valence-electron chi connectivity index (χ4n) is 4.96. The van der Waals surface area contributed by atoms with Crippen molar-refractivity contribution in [3.8, 4) is 11.6 Å². The van der Waals surface area contributed by atoms with Crippen LogP contribution in [0.15, 0.2) is 83.2 Å². The van der Waals surface area contributed by atoms with Gasteiger partial charge in [-0.25, -0.2) is 19.3 Å². The Hall–Kier alpha value is -5.89. The number of carboxylic acid groups (broad SMARTS) is 2. The topological polar surface area (TPSA) is 179 Å². The Bertz CT molecular complexity index is 2010. The first-order valence-electron chi connectivity index (χ1n) is 15.4. The number of nitrogens with zero attached hydrogens (tertiary/aromatic N) is 4. The van der Waals surface area contributed by atoms with Gasteiger partial charge in [-0.1, -0.05) is 44.9 Å². The number of barbiturate groups is 1. The number of imide groups is 2. The third kappa shape index (κ3) is 7.65. The van der Waals surface area contributed by atoms with Crippen LogP contribution in [0.25, 0.3) is 11.8 Å². The summed E-state index contributed by atoms with van der Waals surface area (Å²) in [6.45, 7) is 4.21. The Morgan fingerprint density at radius 2 is 1.31 bits per heavy atom. The van der Waals surface area contributed by atoms with Gasteiger partial charge in [0.2, 0.25) is 5.88 Å². The van der Waals surface area contributed by atoms with Crippen molar-refractivity contribution in [1.29, 1.82) is 0 Å². The Kier molecular flexibility index (Phi) is 11.6. The zero-order valence-electron chi connectivity index (χ0n) is 26.7. The molecular weight excluding hydrogens is 652 g/mol. The maximum atomic E-state index is 13.6. The number of allylic oxidation sites excluding steroid dienone is 4. The van der Waals surface area contributed by atoms with Crippen LogP contribution in [0.4, 0.5) is 10.5 Å². The van der Waals surface area contributed by atoms with E-state index in [1.165, 1.54) is 88.0 Å². The zero-order valence-corrected chi connectivity index (χ0v) is 27.6. The van der Waals surface area contributed by atoms with Crippen molar-refractivity contribution in [3.05, 3.63) is 110 Å². The minimum atomic E-state index is -1.18. The van der Waals surface area contributed by atoms with E-state index in [0.717, 1.165) is 16.2 Å². The Morgan fingerprint density at radius 1 is 0.755 bits per heavy atom. The molecule has 1 aromatic heterocycles. The summed E-state index contributed by atoms with van der Waals surface area (Å²) in [5, 5.41) is 29.5. The summed E-state index contributed by atoms with van der Waals surface area (Å²) in [5.41, 5.74) is -0.710. The largest absolute Gasteiger partial charge is 0.494 e. The number of unbranched alkanes of at least 4 members (excludes halogenated alkanes) is 2. The van der Waals surface area contributed by atoms with Crippen LogP contribution in [-0.2, 0) is 16.1 Å². The van der Waals surface area contributed by atoms with E-state index in [0.29, 0.717) is 31.5 Å². The quantitative estimate of drug-likeness (QED) is 0.0892. The van der Waals surface area contributed by atoms with Gasteiger partial charge in [0.15, 0.2) is 4.77 Å². The first-order chi connectivity index (χ1) is 23.4. The van der Waals surface area contributed by atoms with Crippen LogP contribution in [0.5, 0.6) is 5.88 Å². The minimum Gasteiger partial charge on any atom is -0.494 e. The van der Waals surface area contributed by atoms with Gasteiger partial charge in [-0.3, -0.25) is 28.4 Å². The third-order valence-corrected chi connectivity index (χ3v) is 8.05. The lowest BCUT2D eigenvalue weighted by atomic mass is 10.1. The van der Waals surface area contributed by atoms with E-state index in [1.54, 1.807) is 0 Å². The first-order valence-corrected chi connectivity index (χ1v) is 15.8. The highest BCUT2D eigenvalue weighted by Gasteiger charge is 2.42. The number of amides is 4. The van der Waals surface area contributed by atoms with E-state index in [2.05, 4.69) is 0 Å². The highest BCUT2D eigenvalue weighted by Crippen LogP contribution is 2.26. The highest BCUT2D eigenvalue weighted by atomic mass is 32.1. The number of benzene rings is 2. The smallest absolute Gasteiger partial charge is 0.338 e. The molecule has 4 rings (SSSR count). The number of carboxylic acids is 2. The number of carbonyl (C=O) groups excluding carboxylic acids is 3. The van der Waals surface area contributed by atoms with Gasteiger partial charge in [0.1, 0.15) is 11.1 Å². The van der Waals surface area contributed by atoms with E-state index in [1.807, 2.05) is 13.8 Å². The lowest BCUT2D eigenvalue weighted by Crippen LogP contribution is -2.56. The van der Waals surface area contributed by atoms with E-state index in [-0.39, 0.29) is 45.1 Å². The summed E-state index contributed by atoms with van der Waals surface area (Å²) in [6.07, 6.45) is 9.38. The van der Waals surface area contributed by atoms with Gasteiger partial charge < -0.3 is 15.3 Å². The van der Waals surface area contributed by atoms with Crippen LogP contribution in [0.2, 0.25) is 0 Å². The maximum absolute atomic E-state index is 13.6. The first kappa shape index (κ1) is 36.0. The summed E-state index contributed by atoms with van der Waals surface area (Å²) in [4.78, 5) is 77.9. The maximum Gasteiger partial charge on any atom is 0.338 e. The van der Waals surface area contributed by atoms with Gasteiger partial charge in [-0.15, -0.1) is 0 Å². The standard InChI is InChI=1S/C35H34N4O9S/c1-3-5-20-36-28(40)26(30(42)38(34(36)48)24-16-12-22(13-17-24)32(44)45)10-8-7-9-11-27-29(41)37(21-6-4-2)35(49)39(31(27)43)25-18-14-23(15-19-25)33(46)47/h7-19,41H,3-6,20-21H2,1-2H3,(H,44,45)(H,46,47)/b8-7+,11-9+,26-10+. The van der Waals surface area contributed by atoms with E-state index in [9.17, 15) is 44.1 Å². The molecule has 13 nitrogen and oxygen atoms in total. The third-order valence-electron chi connectivity index (χ3n) is 7.65. The van der Waals surface area contributed by atoms with Gasteiger partial charge in [-0.2, -0.15) is 0 Å². The molecule has 0 atom stereocenters. The molecule has 1 fully saturated rings. The summed E-state index contributed by atoms with van der Waals surface area (Å²) in [6, 6.07) is 9.83. The number of carbonyl (C=O) groups is 5. The molecule has 0 aliphatic carbocycles. The summed E-state index contributed by atoms with van der Waals surface area (Å²) >= 11 is 5.54. The van der Waals surface area contributed by atoms with Crippen molar-refractivity contribution in [2.24, 2.45) is 0 Å². The SMILES string of the molecule is CCCCN1C(=O)\C(=C/C=C/C=C/c2c(O)n(CCCC)c(=S)n(-c3ccc(C(=O)O)cc3)c2=O)C(=O)N(c2ccc(C(=O)O)cc2)C1=O. The Balaban J connectivity index is 1.71. The molecule has 3 aromatic rings. The number of aromatic hydroxyl groups is 1. The fourth-order valence-corrected chi connectivity index (χ4v) is 5.33. The molecule has 3 N–H and O–H groups in total. The van der Waals surface area contributed by atoms with Gasteiger partial charge in [0, 0.05) is 13.1 Å². The number of aromatic nitrogens is 2. The van der Waals surface area contributed by atoms with E-state index < -0.39 is 35.3 Å². The van der Waals surface area contributed by atoms with E-state index >= 15 is 0 Å². The van der Waals surface area contributed by atoms with Crippen LogP contribution in [-0.4, -0.2) is 65.7 Å². The van der Waals surface area contributed by atoms with Crippen LogP contribution in [0.1, 0.15) is 65.8 Å². The molecular formula is C35H34N4O9S. The van der Waals surface area contributed by atoms with Crippen LogP contribution >= 0.6 is 12.2 Å². The van der Waals surface area contributed by atoms with Gasteiger partial charge in [0.25, 0.3) is 17.4 Å². The van der Waals surface area contributed by atoms with Crippen molar-refractivity contribution in [2.45, 2.75) is 46.1 Å². The molecule has 2 heterocycles. The van der Waals surface area contributed by atoms with Crippen molar-refractivity contribution in [3.63, 3.8) is 0 Å². The molecule has 0 unspecified atom stereocenters. The average Bonchev–Trinajstić information content (AvgIpc) is 3.07. The number of aromatic carboxylic acids is 2. The second kappa shape index (κ2) is 15.8. The number of urea groups is 1. The number of hydrogen-bond acceptors (Lipinski definition) is 8. The molecule has 2 aromatic carbocycles. The van der Waals surface area contributed by atoms with Crippen LogP contribution < -0.4 is 10.5 Å². The Labute approximate surface area is 285 Å². The second-order valence-electron chi connectivity index (χ2n) is 10.9. The average molecular weight is 687 g/mol. The molecule has 254 valence electrons. The van der Waals surface area contributed by atoms with Crippen molar-refractivity contribution < 1.29 is 39.3 Å². The molecule has 0 bridgehead atoms. The molecule has 1 aliphatic heterocycles. The Morgan fingerprint density at radius 3 is 1.86 bits per heavy atom. The lowest BCUT2D eigenvalue weighted by Gasteiger charge is -2.33. The minimum absolute atomic E-state index is 0.0201. The van der Waals surface area contributed by atoms with Crippen LogP contribution in [0.3, 0.4) is 0 Å². The summed E-state index contributed by atoms with van der Waals surface area (Å²) in [5.74, 6) is -4.36. The summed E-state index contributed by atoms with van der Waals surface area (Å²) in [7, 11) is 0. The number of rotatable bonds is 13. The van der Waals surface area contributed by atoms with Gasteiger partial charge in [0.05, 0.1) is 22.5 Å². The van der Waals surface area contributed by atoms with E-state index in [4.69, 9.17) is 12.2 Å². The van der Waals surface area contributed by atoms with Crippen molar-refractivity contribution >= 4 is 53.8 Å². The number of anilines is 1. The van der Waals surface area contributed by atoms with Crippen molar-refractivity contribution in [2.75, 3.05) is 11.4 Å². The molecule has 0 saturated carbocycles. The lowest BCUT2D eigenvalue weighted by molar-refractivity contribution is -0.129. The number of hydrogen-bond donors (Lipinski definition) is 3.